The van der Waals surface area contributed by atoms with Gasteiger partial charge < -0.3 is 20.3 Å². The maximum Gasteiger partial charge on any atom is 0.419 e. The lowest BCUT2D eigenvalue weighted by Gasteiger charge is -2.44. The Kier molecular flexibility index (Phi) is 12.1. The zero-order valence-corrected chi connectivity index (χ0v) is 33.6. The molecule has 1 aliphatic carbocycles. The molecule has 1 aromatic heterocycles. The van der Waals surface area contributed by atoms with Crippen LogP contribution in [0.3, 0.4) is 0 Å². The number of piperidine rings is 1. The molecule has 1 saturated carbocycles. The number of thiol groups is 1. The van der Waals surface area contributed by atoms with Crippen LogP contribution in [0.4, 0.5) is 35.9 Å². The van der Waals surface area contributed by atoms with Gasteiger partial charge in [-0.05, 0) is 87.1 Å². The molecule has 4 heterocycles. The molecule has 312 valence electrons. The fourth-order valence-electron chi connectivity index (χ4n) is 8.29. The minimum absolute atomic E-state index is 0.0759. The van der Waals surface area contributed by atoms with Gasteiger partial charge in [-0.2, -0.15) is 18.4 Å². The minimum atomic E-state index is -4.83. The first-order chi connectivity index (χ1) is 28.2. The van der Waals surface area contributed by atoms with Gasteiger partial charge >= 0.3 is 6.18 Å². The van der Waals surface area contributed by atoms with Crippen molar-refractivity contribution in [3.63, 3.8) is 0 Å². The van der Waals surface area contributed by atoms with E-state index in [2.05, 4.69) is 37.7 Å². The molecule has 4 amide bonds. The molecule has 4 fully saturated rings. The summed E-state index contributed by atoms with van der Waals surface area (Å²) in [5, 5.41) is 17.7. The number of halogens is 3. The summed E-state index contributed by atoms with van der Waals surface area (Å²) in [7, 11) is 0. The lowest BCUT2D eigenvalue weighted by molar-refractivity contribution is -0.138. The summed E-state index contributed by atoms with van der Waals surface area (Å²) in [6, 6.07) is 14.7. The number of carbonyl (C=O) groups is 4. The number of carbonyl (C=O) groups excluding carboxylic acids is 4. The van der Waals surface area contributed by atoms with Crippen LogP contribution in [-0.2, 0) is 31.8 Å². The van der Waals surface area contributed by atoms with Gasteiger partial charge in [0.15, 0.2) is 11.2 Å². The Hall–Kier alpha value is -5.38. The number of alkyl halides is 3. The van der Waals surface area contributed by atoms with Crippen LogP contribution in [0.5, 0.6) is 5.75 Å². The van der Waals surface area contributed by atoms with Gasteiger partial charge in [-0.1, -0.05) is 13.0 Å². The fourth-order valence-corrected chi connectivity index (χ4v) is 8.88. The smallest absolute Gasteiger partial charge is 0.419 e. The highest BCUT2D eigenvalue weighted by Crippen LogP contribution is 2.51. The van der Waals surface area contributed by atoms with Gasteiger partial charge in [-0.25, -0.2) is 4.98 Å². The standard InChI is InChI=1S/C41H46F3N9O5S/c1-3-26-18-29(53-39(59)52(38(57)40(53)12-5-13-40)30-20-31(41(42,43)44)33(21-45)46-22-30)8-10-34(26)58-17-16-50-14-15-51(25(2)23-50)24-36(55)48-28-7-4-6-27(19-28)47-32-9-11-35(54)49-37(32)56/h4,6-8,10,18-20,22,25,32,39,47,59H,3,5,9,11-17,23-24H2,1-2H3,(H,48,55)(H,49,54,56)/t25-,32?,39+/m1/s1. The second kappa shape index (κ2) is 17.1. The summed E-state index contributed by atoms with van der Waals surface area (Å²) < 4.78 is 47.8. The number of nitriles is 1. The van der Waals surface area contributed by atoms with Crippen LogP contribution in [0.2, 0.25) is 0 Å². The van der Waals surface area contributed by atoms with E-state index >= 15 is 0 Å². The van der Waals surface area contributed by atoms with Crippen LogP contribution in [0.1, 0.15) is 62.8 Å². The van der Waals surface area contributed by atoms with Gasteiger partial charge in [0.2, 0.25) is 17.7 Å². The Morgan fingerprint density at radius 1 is 1.10 bits per heavy atom. The molecule has 3 saturated heterocycles. The summed E-state index contributed by atoms with van der Waals surface area (Å²) >= 11 is 4.78. The third kappa shape index (κ3) is 8.68. The second-order valence-corrected chi connectivity index (χ2v) is 15.8. The van der Waals surface area contributed by atoms with Gasteiger partial charge in [-0.3, -0.25) is 39.2 Å². The van der Waals surface area contributed by atoms with Crippen LogP contribution in [0, 0.1) is 11.3 Å². The Morgan fingerprint density at radius 3 is 2.56 bits per heavy atom. The predicted octanol–water partition coefficient (Wildman–Crippen LogP) is 4.76. The summed E-state index contributed by atoms with van der Waals surface area (Å²) in [5.74, 6) is -0.460. The number of anilines is 4. The van der Waals surface area contributed by atoms with E-state index in [0.29, 0.717) is 68.2 Å². The van der Waals surface area contributed by atoms with Crippen LogP contribution in [0.25, 0.3) is 0 Å². The number of piperazine rings is 1. The predicted molar refractivity (Wildman–Crippen MR) is 217 cm³/mol. The third-order valence-electron chi connectivity index (χ3n) is 11.6. The van der Waals surface area contributed by atoms with Crippen molar-refractivity contribution in [3.8, 4) is 11.8 Å². The number of aromatic nitrogens is 1. The van der Waals surface area contributed by atoms with Gasteiger partial charge in [0.1, 0.15) is 30.0 Å². The molecule has 14 nitrogen and oxygen atoms in total. The van der Waals surface area contributed by atoms with E-state index in [1.54, 1.807) is 24.3 Å². The van der Waals surface area contributed by atoms with E-state index < -0.39 is 34.5 Å². The number of pyridine rings is 1. The SMILES string of the molecule is CCc1cc(N2[C@@H](S)N(c3cnc(C#N)c(C(F)(F)F)c3)C(=O)C23CCC3)ccc1OCCN1CCN(CC(=O)Nc2cccc(NC3CCC(=O)NC3=O)c2)[C@H](C)C1. The number of ether oxygens (including phenoxy) is 1. The number of hydrogen-bond donors (Lipinski definition) is 4. The number of hydrogen-bond acceptors (Lipinski definition) is 12. The molecule has 3 aliphatic heterocycles. The van der Waals surface area contributed by atoms with Crippen molar-refractivity contribution in [2.24, 2.45) is 0 Å². The molecule has 4 aliphatic rings. The normalized spacial score (nSPS) is 22.2. The summed E-state index contributed by atoms with van der Waals surface area (Å²) in [4.78, 5) is 61.9. The highest BCUT2D eigenvalue weighted by atomic mass is 32.1. The van der Waals surface area contributed by atoms with Gasteiger partial charge in [0, 0.05) is 55.7 Å². The van der Waals surface area contributed by atoms with Crippen molar-refractivity contribution >= 4 is 59.0 Å². The van der Waals surface area contributed by atoms with E-state index in [1.165, 1.54) is 11.0 Å². The quantitative estimate of drug-likeness (QED) is 0.147. The Morgan fingerprint density at radius 2 is 1.88 bits per heavy atom. The molecule has 1 spiro atoms. The van der Waals surface area contributed by atoms with E-state index in [0.717, 1.165) is 37.3 Å². The average molecular weight is 834 g/mol. The monoisotopic (exact) mass is 833 g/mol. The van der Waals surface area contributed by atoms with Crippen LogP contribution in [-0.4, -0.2) is 101 Å². The van der Waals surface area contributed by atoms with E-state index in [4.69, 9.17) is 17.4 Å². The molecular formula is C41H46F3N9O5S. The topological polar surface area (TPSA) is 163 Å². The Labute approximate surface area is 345 Å². The largest absolute Gasteiger partial charge is 0.492 e. The van der Waals surface area contributed by atoms with Gasteiger partial charge in [0.05, 0.1) is 24.0 Å². The maximum atomic E-state index is 14.0. The second-order valence-electron chi connectivity index (χ2n) is 15.4. The number of rotatable bonds is 12. The van der Waals surface area contributed by atoms with E-state index in [9.17, 15) is 37.6 Å². The number of nitrogens with one attached hydrogen (secondary N) is 3. The zero-order chi connectivity index (χ0) is 42.1. The number of nitrogens with zero attached hydrogens (tertiary/aromatic N) is 6. The molecule has 1 unspecified atom stereocenters. The van der Waals surface area contributed by atoms with Crippen molar-refractivity contribution in [2.45, 2.75) is 81.7 Å². The first-order valence-corrected chi connectivity index (χ1v) is 20.2. The highest BCUT2D eigenvalue weighted by Gasteiger charge is 2.60. The molecule has 3 atom stereocenters. The Bertz CT molecular complexity index is 2160. The average Bonchev–Trinajstić information content (AvgIpc) is 3.42. The number of benzene rings is 2. The van der Waals surface area contributed by atoms with E-state index in [1.807, 2.05) is 30.0 Å². The maximum absolute atomic E-state index is 14.0. The molecule has 18 heteroatoms. The molecule has 3 N–H and O–H groups in total. The number of amides is 4. The lowest BCUT2D eigenvalue weighted by atomic mass is 9.75. The van der Waals surface area contributed by atoms with Crippen molar-refractivity contribution in [1.82, 2.24) is 20.1 Å². The van der Waals surface area contributed by atoms with Crippen molar-refractivity contribution < 1.29 is 37.1 Å². The summed E-state index contributed by atoms with van der Waals surface area (Å²) in [6.07, 6.45) is -0.602. The number of aryl methyl sites for hydroxylation is 1. The summed E-state index contributed by atoms with van der Waals surface area (Å²) in [5.41, 5.74) is -1.05. The zero-order valence-electron chi connectivity index (χ0n) is 32.7. The highest BCUT2D eigenvalue weighted by molar-refractivity contribution is 7.81. The molecular weight excluding hydrogens is 788 g/mol. The number of imide groups is 1. The molecule has 2 aromatic carbocycles. The summed E-state index contributed by atoms with van der Waals surface area (Å²) in [6.45, 7) is 7.56. The molecule has 7 rings (SSSR count). The minimum Gasteiger partial charge on any atom is -0.492 e. The lowest BCUT2D eigenvalue weighted by Crippen LogP contribution is -2.55. The fraction of sp³-hybridized carbons (Fsp3) is 0.463. The first kappa shape index (κ1) is 41.8. The Balaban J connectivity index is 0.924. The van der Waals surface area contributed by atoms with Crippen molar-refractivity contribution in [3.05, 3.63) is 71.5 Å². The van der Waals surface area contributed by atoms with Gasteiger partial charge in [0.25, 0.3) is 5.91 Å². The first-order valence-electron chi connectivity index (χ1n) is 19.7. The van der Waals surface area contributed by atoms with Crippen molar-refractivity contribution in [2.75, 3.05) is 59.8 Å². The molecule has 3 aromatic rings. The van der Waals surface area contributed by atoms with Crippen LogP contribution in [0.15, 0.2) is 54.7 Å². The van der Waals surface area contributed by atoms with E-state index in [-0.39, 0.29) is 48.3 Å². The van der Waals surface area contributed by atoms with Crippen LogP contribution >= 0.6 is 12.6 Å². The molecule has 59 heavy (non-hydrogen) atoms. The third-order valence-corrected chi connectivity index (χ3v) is 12.0. The van der Waals surface area contributed by atoms with Crippen LogP contribution < -0.4 is 30.5 Å². The van der Waals surface area contributed by atoms with Crippen molar-refractivity contribution in [1.29, 1.82) is 5.26 Å². The molecule has 0 bridgehead atoms. The molecule has 0 radical (unpaired) electrons. The van der Waals surface area contributed by atoms with Gasteiger partial charge in [-0.15, -0.1) is 12.6 Å².